The van der Waals surface area contributed by atoms with Crippen molar-refractivity contribution in [2.75, 3.05) is 0 Å². The van der Waals surface area contributed by atoms with E-state index >= 15 is 0 Å². The van der Waals surface area contributed by atoms with Crippen molar-refractivity contribution in [2.45, 2.75) is 19.9 Å². The second-order valence-corrected chi connectivity index (χ2v) is 7.10. The first kappa shape index (κ1) is 15.7. The van der Waals surface area contributed by atoms with E-state index in [0.717, 1.165) is 31.9 Å². The molecule has 3 heterocycles. The highest BCUT2D eigenvalue weighted by Gasteiger charge is 2.16. The Balaban J connectivity index is 1.78. The molecule has 25 heavy (non-hydrogen) atoms. The molecule has 0 fully saturated rings. The molecule has 0 atom stereocenters. The van der Waals surface area contributed by atoms with Gasteiger partial charge in [-0.1, -0.05) is 36.4 Å². The molecule has 0 radical (unpaired) electrons. The average molecular weight is 347 g/mol. The third kappa shape index (κ3) is 2.98. The van der Waals surface area contributed by atoms with Gasteiger partial charge >= 0.3 is 0 Å². The van der Waals surface area contributed by atoms with Crippen LogP contribution in [0.4, 0.5) is 0 Å². The Hall–Kier alpha value is -2.79. The summed E-state index contributed by atoms with van der Waals surface area (Å²) in [6.07, 6.45) is 4.13. The fourth-order valence-electron chi connectivity index (χ4n) is 3.03. The first-order valence-corrected chi connectivity index (χ1v) is 8.99. The van der Waals surface area contributed by atoms with Crippen molar-refractivity contribution < 1.29 is 0 Å². The number of rotatable bonds is 4. The minimum Gasteiger partial charge on any atom is -0.298 e. The molecule has 0 aliphatic carbocycles. The van der Waals surface area contributed by atoms with Crippen molar-refractivity contribution >= 4 is 21.6 Å². The van der Waals surface area contributed by atoms with Crippen molar-refractivity contribution in [2.24, 2.45) is 0 Å². The zero-order chi connectivity index (χ0) is 17.2. The molecule has 0 unspecified atom stereocenters. The van der Waals surface area contributed by atoms with Crippen LogP contribution in [0, 0.1) is 6.92 Å². The van der Waals surface area contributed by atoms with Crippen LogP contribution in [-0.4, -0.2) is 14.5 Å². The number of thiophene rings is 1. The Morgan fingerprint density at radius 3 is 2.60 bits per heavy atom. The van der Waals surface area contributed by atoms with Crippen molar-refractivity contribution in [3.05, 3.63) is 82.0 Å². The quantitative estimate of drug-likeness (QED) is 0.559. The van der Waals surface area contributed by atoms with Crippen LogP contribution in [-0.2, 0) is 13.0 Å². The van der Waals surface area contributed by atoms with Gasteiger partial charge in [-0.05, 0) is 24.6 Å². The molecular weight excluding hydrogens is 330 g/mol. The van der Waals surface area contributed by atoms with Gasteiger partial charge in [0, 0.05) is 35.3 Å². The van der Waals surface area contributed by atoms with Gasteiger partial charge in [-0.15, -0.1) is 11.3 Å². The van der Waals surface area contributed by atoms with Crippen LogP contribution in [0.15, 0.2) is 65.8 Å². The number of nitrogens with zero attached hydrogens (tertiary/aromatic N) is 3. The topological polar surface area (TPSA) is 47.8 Å². The maximum Gasteiger partial charge on any atom is 0.262 e. The van der Waals surface area contributed by atoms with Gasteiger partial charge < -0.3 is 0 Å². The summed E-state index contributed by atoms with van der Waals surface area (Å²) in [5, 5.41) is 0.720. The summed E-state index contributed by atoms with van der Waals surface area (Å²) in [5.41, 5.74) is 3.06. The summed E-state index contributed by atoms with van der Waals surface area (Å²) < 4.78 is 1.69. The zero-order valence-electron chi connectivity index (χ0n) is 13.8. The van der Waals surface area contributed by atoms with E-state index in [2.05, 4.69) is 9.97 Å². The Kier molecular flexibility index (Phi) is 4.15. The van der Waals surface area contributed by atoms with Crippen LogP contribution in [0.25, 0.3) is 21.3 Å². The predicted octanol–water partition coefficient (Wildman–Crippen LogP) is 4.07. The molecule has 4 nitrogen and oxygen atoms in total. The first-order chi connectivity index (χ1) is 12.2. The summed E-state index contributed by atoms with van der Waals surface area (Å²) in [4.78, 5) is 23.8. The second kappa shape index (κ2) is 6.61. The maximum absolute atomic E-state index is 13.1. The molecule has 0 bridgehead atoms. The van der Waals surface area contributed by atoms with Gasteiger partial charge in [-0.25, -0.2) is 4.98 Å². The molecule has 4 rings (SSSR count). The number of pyridine rings is 1. The van der Waals surface area contributed by atoms with Gasteiger partial charge in [-0.3, -0.25) is 14.3 Å². The lowest BCUT2D eigenvalue weighted by atomic mass is 10.0. The number of hydrogen-bond donors (Lipinski definition) is 0. The van der Waals surface area contributed by atoms with E-state index < -0.39 is 0 Å². The van der Waals surface area contributed by atoms with Crippen molar-refractivity contribution in [1.82, 2.24) is 14.5 Å². The molecule has 0 saturated heterocycles. The van der Waals surface area contributed by atoms with E-state index in [1.807, 2.05) is 55.5 Å². The van der Waals surface area contributed by atoms with E-state index in [0.29, 0.717) is 13.0 Å². The Bertz CT molecular complexity index is 1070. The van der Waals surface area contributed by atoms with Crippen LogP contribution in [0.2, 0.25) is 0 Å². The van der Waals surface area contributed by atoms with Crippen LogP contribution >= 0.6 is 11.3 Å². The van der Waals surface area contributed by atoms with E-state index in [1.165, 1.54) is 0 Å². The molecule has 5 heteroatoms. The molecular formula is C20H17N3OS. The van der Waals surface area contributed by atoms with E-state index in [1.54, 1.807) is 28.4 Å². The van der Waals surface area contributed by atoms with E-state index in [4.69, 9.17) is 0 Å². The fraction of sp³-hybridized carbons (Fsp3) is 0.150. The average Bonchev–Trinajstić information content (AvgIpc) is 2.99. The normalized spacial score (nSPS) is 11.1. The Labute approximate surface area is 149 Å². The molecule has 3 aromatic heterocycles. The lowest BCUT2D eigenvalue weighted by Crippen LogP contribution is -2.21. The van der Waals surface area contributed by atoms with Crippen LogP contribution < -0.4 is 5.56 Å². The highest BCUT2D eigenvalue weighted by Crippen LogP contribution is 2.35. The molecule has 0 aliphatic heterocycles. The Morgan fingerprint density at radius 2 is 1.84 bits per heavy atom. The number of benzene rings is 1. The van der Waals surface area contributed by atoms with Gasteiger partial charge in [0.1, 0.15) is 4.83 Å². The zero-order valence-corrected chi connectivity index (χ0v) is 14.7. The second-order valence-electron chi connectivity index (χ2n) is 5.89. The lowest BCUT2D eigenvalue weighted by molar-refractivity contribution is 0.654. The minimum absolute atomic E-state index is 0.0177. The molecule has 0 spiro atoms. The summed E-state index contributed by atoms with van der Waals surface area (Å²) in [7, 11) is 0. The highest BCUT2D eigenvalue weighted by molar-refractivity contribution is 7.19. The van der Waals surface area contributed by atoms with Crippen LogP contribution in [0.5, 0.6) is 0 Å². The fourth-order valence-corrected chi connectivity index (χ4v) is 4.03. The summed E-state index contributed by atoms with van der Waals surface area (Å²) >= 11 is 1.57. The standard InChI is InChI=1S/C20H17N3OS/c1-14-17(15-7-3-2-4-8-15)18-19(25-14)22-13-23(20(18)24)12-10-16-9-5-6-11-21-16/h2-9,11,13H,10,12H2,1H3. The molecule has 124 valence electrons. The van der Waals surface area contributed by atoms with E-state index in [-0.39, 0.29) is 5.56 Å². The molecule has 0 aliphatic rings. The molecule has 1 aromatic carbocycles. The minimum atomic E-state index is 0.0177. The molecule has 0 N–H and O–H groups in total. The molecule has 0 amide bonds. The predicted molar refractivity (Wildman–Crippen MR) is 102 cm³/mol. The summed E-state index contributed by atoms with van der Waals surface area (Å²) in [6.45, 7) is 2.62. The molecule has 0 saturated carbocycles. The van der Waals surface area contributed by atoms with Crippen molar-refractivity contribution in [3.8, 4) is 11.1 Å². The van der Waals surface area contributed by atoms with Gasteiger partial charge in [-0.2, -0.15) is 0 Å². The number of hydrogen-bond acceptors (Lipinski definition) is 4. The van der Waals surface area contributed by atoms with Crippen molar-refractivity contribution in [1.29, 1.82) is 0 Å². The Morgan fingerprint density at radius 1 is 1.04 bits per heavy atom. The third-order valence-corrected chi connectivity index (χ3v) is 5.27. The number of aryl methyl sites for hydroxylation is 3. The van der Waals surface area contributed by atoms with Gasteiger partial charge in [0.25, 0.3) is 5.56 Å². The van der Waals surface area contributed by atoms with Gasteiger partial charge in [0.05, 0.1) is 11.7 Å². The smallest absolute Gasteiger partial charge is 0.262 e. The number of fused-ring (bicyclic) bond motifs is 1. The maximum atomic E-state index is 13.1. The lowest BCUT2D eigenvalue weighted by Gasteiger charge is -2.06. The summed E-state index contributed by atoms with van der Waals surface area (Å²) in [6, 6.07) is 15.9. The van der Waals surface area contributed by atoms with Crippen molar-refractivity contribution in [3.63, 3.8) is 0 Å². The van der Waals surface area contributed by atoms with Gasteiger partial charge in [0.2, 0.25) is 0 Å². The SMILES string of the molecule is Cc1sc2ncn(CCc3ccccn3)c(=O)c2c1-c1ccccc1. The van der Waals surface area contributed by atoms with E-state index in [9.17, 15) is 4.79 Å². The number of aromatic nitrogens is 3. The third-order valence-electron chi connectivity index (χ3n) is 4.25. The summed E-state index contributed by atoms with van der Waals surface area (Å²) in [5.74, 6) is 0. The monoisotopic (exact) mass is 347 g/mol. The molecule has 4 aromatic rings. The van der Waals surface area contributed by atoms with Gasteiger partial charge in [0.15, 0.2) is 0 Å². The highest BCUT2D eigenvalue weighted by atomic mass is 32.1. The van der Waals surface area contributed by atoms with Crippen LogP contribution in [0.1, 0.15) is 10.6 Å². The largest absolute Gasteiger partial charge is 0.298 e. The first-order valence-electron chi connectivity index (χ1n) is 8.18. The van der Waals surface area contributed by atoms with Crippen LogP contribution in [0.3, 0.4) is 0 Å².